The van der Waals surface area contributed by atoms with E-state index in [2.05, 4.69) is 4.74 Å². The lowest BCUT2D eigenvalue weighted by Crippen LogP contribution is -2.49. The predicted molar refractivity (Wildman–Crippen MR) is 103 cm³/mol. The van der Waals surface area contributed by atoms with E-state index in [0.29, 0.717) is 11.5 Å². The fourth-order valence-corrected chi connectivity index (χ4v) is 4.16. The van der Waals surface area contributed by atoms with Crippen molar-refractivity contribution in [3.05, 3.63) is 53.6 Å². The first kappa shape index (κ1) is 21.9. The van der Waals surface area contributed by atoms with Gasteiger partial charge in [0.2, 0.25) is 0 Å². The van der Waals surface area contributed by atoms with Crippen LogP contribution in [0.25, 0.3) is 0 Å². The first-order valence-corrected chi connectivity index (χ1v) is 10.1. The first-order valence-electron chi connectivity index (χ1n) is 8.49. The van der Waals surface area contributed by atoms with Crippen molar-refractivity contribution in [2.24, 2.45) is 0 Å². The van der Waals surface area contributed by atoms with Crippen LogP contribution >= 0.6 is 0 Å². The average Bonchev–Trinajstić information content (AvgIpc) is 2.64. The Labute approximate surface area is 164 Å². The van der Waals surface area contributed by atoms with E-state index in [1.54, 1.807) is 0 Å². The summed E-state index contributed by atoms with van der Waals surface area (Å²) in [4.78, 5) is 11.7. The molecule has 0 amide bonds. The molecule has 152 valence electrons. The molecule has 0 aliphatic heterocycles. The lowest BCUT2D eigenvalue weighted by molar-refractivity contribution is -0.164. The molecule has 0 aliphatic rings. The third-order valence-corrected chi connectivity index (χ3v) is 6.12. The van der Waals surface area contributed by atoms with Gasteiger partial charge in [0.15, 0.2) is 15.4 Å². The van der Waals surface area contributed by atoms with Crippen LogP contribution in [0.1, 0.15) is 11.1 Å². The summed E-state index contributed by atoms with van der Waals surface area (Å²) in [6, 6.07) is 11.4. The van der Waals surface area contributed by atoms with E-state index in [-0.39, 0.29) is 4.90 Å². The van der Waals surface area contributed by atoms with Gasteiger partial charge in [-0.25, -0.2) is 13.2 Å². The molecule has 2 aromatic rings. The second-order valence-electron chi connectivity index (χ2n) is 6.53. The van der Waals surface area contributed by atoms with Crippen molar-refractivity contribution in [3.63, 3.8) is 0 Å². The summed E-state index contributed by atoms with van der Waals surface area (Å²) in [6.07, 6.45) is 0. The van der Waals surface area contributed by atoms with E-state index in [1.165, 1.54) is 31.4 Å². The highest BCUT2D eigenvalue weighted by molar-refractivity contribution is 7.91. The number of methoxy groups -OCH3 is 2. The van der Waals surface area contributed by atoms with Crippen LogP contribution in [0.2, 0.25) is 0 Å². The molecule has 2 aromatic carbocycles. The summed E-state index contributed by atoms with van der Waals surface area (Å²) in [5.74, 6) is -0.841. The molecule has 0 saturated carbocycles. The van der Waals surface area contributed by atoms with Crippen LogP contribution in [-0.2, 0) is 24.1 Å². The zero-order valence-electron chi connectivity index (χ0n) is 16.3. The van der Waals surface area contributed by atoms with Crippen LogP contribution in [0.5, 0.6) is 11.5 Å². The van der Waals surface area contributed by atoms with E-state index in [1.807, 2.05) is 32.0 Å². The van der Waals surface area contributed by atoms with Gasteiger partial charge >= 0.3 is 5.97 Å². The number of benzene rings is 2. The third-order valence-electron chi connectivity index (χ3n) is 4.27. The molecule has 0 radical (unpaired) electrons. The second-order valence-corrected chi connectivity index (χ2v) is 8.52. The van der Waals surface area contributed by atoms with Gasteiger partial charge < -0.3 is 19.3 Å². The van der Waals surface area contributed by atoms with Crippen LogP contribution in [0.4, 0.5) is 0 Å². The van der Waals surface area contributed by atoms with Gasteiger partial charge in [-0.1, -0.05) is 6.07 Å². The second kappa shape index (κ2) is 8.72. The summed E-state index contributed by atoms with van der Waals surface area (Å²) in [6.45, 7) is 3.46. The van der Waals surface area contributed by atoms with E-state index >= 15 is 0 Å². The molecule has 1 unspecified atom stereocenters. The SMILES string of the molecule is COCC(O)(CS(=O)(=O)c1ccc(Oc2ccc(C)c(C)c2)cc1)C(=O)OC. The van der Waals surface area contributed by atoms with E-state index in [4.69, 9.17) is 9.47 Å². The highest BCUT2D eigenvalue weighted by Gasteiger charge is 2.42. The van der Waals surface area contributed by atoms with Crippen molar-refractivity contribution in [1.29, 1.82) is 0 Å². The predicted octanol–water partition coefficient (Wildman–Crippen LogP) is 2.42. The summed E-state index contributed by atoms with van der Waals surface area (Å²) in [5, 5.41) is 10.4. The summed E-state index contributed by atoms with van der Waals surface area (Å²) >= 11 is 0. The van der Waals surface area contributed by atoms with Crippen LogP contribution in [0.15, 0.2) is 47.4 Å². The van der Waals surface area contributed by atoms with Crippen molar-refractivity contribution in [1.82, 2.24) is 0 Å². The standard InChI is InChI=1S/C20H24O7S/c1-14-5-6-17(11-15(14)2)27-16-7-9-18(10-8-16)28(23,24)13-20(22,12-25-3)19(21)26-4/h5-11,22H,12-13H2,1-4H3. The highest BCUT2D eigenvalue weighted by Crippen LogP contribution is 2.26. The van der Waals surface area contributed by atoms with Crippen molar-refractivity contribution >= 4 is 15.8 Å². The van der Waals surface area contributed by atoms with Gasteiger partial charge in [-0.2, -0.15) is 0 Å². The molecule has 0 bridgehead atoms. The maximum absolute atomic E-state index is 12.6. The molecule has 0 heterocycles. The molecule has 28 heavy (non-hydrogen) atoms. The lowest BCUT2D eigenvalue weighted by atomic mass is 10.1. The maximum Gasteiger partial charge on any atom is 0.341 e. The largest absolute Gasteiger partial charge is 0.467 e. The van der Waals surface area contributed by atoms with Crippen LogP contribution in [0, 0.1) is 13.8 Å². The Morgan fingerprint density at radius 3 is 2.14 bits per heavy atom. The van der Waals surface area contributed by atoms with E-state index in [9.17, 15) is 18.3 Å². The fourth-order valence-electron chi connectivity index (χ4n) is 2.61. The highest BCUT2D eigenvalue weighted by atomic mass is 32.2. The van der Waals surface area contributed by atoms with Crippen LogP contribution in [0.3, 0.4) is 0 Å². The number of ether oxygens (including phenoxy) is 3. The molecule has 1 atom stereocenters. The van der Waals surface area contributed by atoms with Crippen molar-refractivity contribution in [3.8, 4) is 11.5 Å². The van der Waals surface area contributed by atoms with Crippen LogP contribution < -0.4 is 4.74 Å². The number of aryl methyl sites for hydroxylation is 2. The molecule has 1 N–H and O–H groups in total. The van der Waals surface area contributed by atoms with Crippen molar-refractivity contribution < 1.29 is 32.5 Å². The molecule has 0 saturated heterocycles. The zero-order chi connectivity index (χ0) is 20.9. The number of carbonyl (C=O) groups excluding carboxylic acids is 1. The van der Waals surface area contributed by atoms with Gasteiger partial charge in [-0.15, -0.1) is 0 Å². The van der Waals surface area contributed by atoms with Crippen molar-refractivity contribution in [2.75, 3.05) is 26.6 Å². The topological polar surface area (TPSA) is 99.1 Å². The third kappa shape index (κ3) is 5.09. The van der Waals surface area contributed by atoms with E-state index < -0.39 is 33.8 Å². The normalized spacial score (nSPS) is 13.6. The molecule has 0 aromatic heterocycles. The zero-order valence-corrected chi connectivity index (χ0v) is 17.1. The Kier molecular flexibility index (Phi) is 6.82. The Balaban J connectivity index is 2.20. The van der Waals surface area contributed by atoms with Gasteiger partial charge in [0.1, 0.15) is 11.5 Å². The molecule has 7 nitrogen and oxygen atoms in total. The number of carbonyl (C=O) groups is 1. The average molecular weight is 408 g/mol. The van der Waals surface area contributed by atoms with E-state index in [0.717, 1.165) is 18.2 Å². The number of hydrogen-bond donors (Lipinski definition) is 1. The van der Waals surface area contributed by atoms with Gasteiger partial charge in [-0.3, -0.25) is 0 Å². The van der Waals surface area contributed by atoms with Gasteiger partial charge in [-0.05, 0) is 61.4 Å². The Hall–Kier alpha value is -2.42. The number of esters is 1. The molecule has 2 rings (SSSR count). The monoisotopic (exact) mass is 408 g/mol. The molecular weight excluding hydrogens is 384 g/mol. The number of hydrogen-bond acceptors (Lipinski definition) is 7. The Bertz CT molecular complexity index is 936. The van der Waals surface area contributed by atoms with Crippen LogP contribution in [-0.4, -0.2) is 51.7 Å². The summed E-state index contributed by atoms with van der Waals surface area (Å²) in [5.41, 5.74) is -0.0726. The van der Waals surface area contributed by atoms with Gasteiger partial charge in [0.05, 0.1) is 24.4 Å². The quantitative estimate of drug-likeness (QED) is 0.670. The minimum absolute atomic E-state index is 0.0571. The molecular formula is C20H24O7S. The maximum atomic E-state index is 12.6. The lowest BCUT2D eigenvalue weighted by Gasteiger charge is -2.24. The minimum atomic E-state index is -3.98. The Morgan fingerprint density at radius 2 is 1.61 bits per heavy atom. The molecule has 0 spiro atoms. The number of sulfone groups is 1. The van der Waals surface area contributed by atoms with Gasteiger partial charge in [0, 0.05) is 7.11 Å². The smallest absolute Gasteiger partial charge is 0.341 e. The molecule has 0 aliphatic carbocycles. The number of aliphatic hydroxyl groups is 1. The minimum Gasteiger partial charge on any atom is -0.467 e. The summed E-state index contributed by atoms with van der Waals surface area (Å²) in [7, 11) is -1.67. The fraction of sp³-hybridized carbons (Fsp3) is 0.350. The Morgan fingerprint density at radius 1 is 1.00 bits per heavy atom. The first-order chi connectivity index (χ1) is 13.1. The van der Waals surface area contributed by atoms with Gasteiger partial charge in [0.25, 0.3) is 0 Å². The summed E-state index contributed by atoms with van der Waals surface area (Å²) < 4.78 is 40.3. The molecule has 8 heteroatoms. The van der Waals surface area contributed by atoms with Crippen molar-refractivity contribution in [2.45, 2.75) is 24.3 Å². The number of rotatable bonds is 8. The molecule has 0 fully saturated rings.